The fourth-order valence-electron chi connectivity index (χ4n) is 2.33. The molecular weight excluding hydrogens is 276 g/mol. The number of aromatic carboxylic acids is 1. The Hall–Kier alpha value is -2.28. The lowest BCUT2D eigenvalue weighted by Crippen LogP contribution is -2.05. The number of carbonyl (C=O) groups is 1. The quantitative estimate of drug-likeness (QED) is 0.799. The van der Waals surface area contributed by atoms with Crippen molar-refractivity contribution in [1.29, 1.82) is 0 Å². The number of nitrogens with zero attached hydrogens (tertiary/aromatic N) is 4. The van der Waals surface area contributed by atoms with E-state index in [1.807, 2.05) is 18.2 Å². The average Bonchev–Trinajstić information content (AvgIpc) is 3.02. The Morgan fingerprint density at radius 2 is 2.25 bits per heavy atom. The van der Waals surface area contributed by atoms with Crippen molar-refractivity contribution in [3.05, 3.63) is 35.1 Å². The summed E-state index contributed by atoms with van der Waals surface area (Å²) < 4.78 is 2.71. The van der Waals surface area contributed by atoms with E-state index in [-0.39, 0.29) is 11.6 Å². The summed E-state index contributed by atoms with van der Waals surface area (Å²) in [4.78, 5) is 15.5. The Bertz CT molecular complexity index is 819. The van der Waals surface area contributed by atoms with Gasteiger partial charge in [-0.05, 0) is 31.0 Å². The third-order valence-corrected chi connectivity index (χ3v) is 4.22. The molecule has 7 heteroatoms. The molecule has 0 spiro atoms. The molecule has 0 saturated heterocycles. The van der Waals surface area contributed by atoms with Crippen molar-refractivity contribution in [2.75, 3.05) is 0 Å². The van der Waals surface area contributed by atoms with Crippen LogP contribution in [0, 0.1) is 0 Å². The maximum atomic E-state index is 11.2. The summed E-state index contributed by atoms with van der Waals surface area (Å²) in [6.45, 7) is 0. The molecule has 100 valence electrons. The Labute approximate surface area is 117 Å². The van der Waals surface area contributed by atoms with Crippen LogP contribution in [0.3, 0.4) is 0 Å². The van der Waals surface area contributed by atoms with Crippen molar-refractivity contribution in [2.24, 2.45) is 0 Å². The molecule has 6 nitrogen and oxygen atoms in total. The number of benzene rings is 1. The van der Waals surface area contributed by atoms with Gasteiger partial charge in [0, 0.05) is 5.92 Å². The molecule has 20 heavy (non-hydrogen) atoms. The Morgan fingerprint density at radius 3 is 3.00 bits per heavy atom. The lowest BCUT2D eigenvalue weighted by molar-refractivity contribution is 0.0689. The first-order chi connectivity index (χ1) is 9.74. The zero-order chi connectivity index (χ0) is 13.7. The smallest absolute Gasteiger partial charge is 0.358 e. The first-order valence-corrected chi connectivity index (χ1v) is 7.14. The molecule has 1 aliphatic rings. The van der Waals surface area contributed by atoms with Crippen LogP contribution in [-0.2, 0) is 0 Å². The summed E-state index contributed by atoms with van der Waals surface area (Å²) in [5.41, 5.74) is 4.34. The van der Waals surface area contributed by atoms with Crippen LogP contribution >= 0.6 is 11.3 Å². The van der Waals surface area contributed by atoms with Gasteiger partial charge >= 0.3 is 5.97 Å². The summed E-state index contributed by atoms with van der Waals surface area (Å²) in [7, 11) is 0. The molecule has 1 aromatic carbocycles. The van der Waals surface area contributed by atoms with Gasteiger partial charge in [-0.3, -0.25) is 0 Å². The standard InChI is InChI=1S/C13H10N4O2S/c18-13(19)11-12(7-1-2-7)17(16-15-11)8-3-4-9-10(5-8)20-6-14-9/h3-7H,1-2H2,(H,18,19). The van der Waals surface area contributed by atoms with Gasteiger partial charge in [-0.1, -0.05) is 5.21 Å². The monoisotopic (exact) mass is 286 g/mol. The van der Waals surface area contributed by atoms with Gasteiger partial charge in [0.2, 0.25) is 0 Å². The van der Waals surface area contributed by atoms with Crippen molar-refractivity contribution < 1.29 is 9.90 Å². The highest BCUT2D eigenvalue weighted by Crippen LogP contribution is 2.42. The SMILES string of the molecule is O=C(O)c1nnn(-c2ccc3ncsc3c2)c1C1CC1. The maximum absolute atomic E-state index is 11.2. The van der Waals surface area contributed by atoms with Gasteiger partial charge < -0.3 is 5.11 Å². The van der Waals surface area contributed by atoms with Gasteiger partial charge in [-0.15, -0.1) is 16.4 Å². The largest absolute Gasteiger partial charge is 0.476 e. The predicted octanol–water partition coefficient (Wildman–Crippen LogP) is 2.45. The second-order valence-electron chi connectivity index (χ2n) is 4.82. The lowest BCUT2D eigenvalue weighted by atomic mass is 10.2. The molecular formula is C13H10N4O2S. The molecule has 0 unspecified atom stereocenters. The van der Waals surface area contributed by atoms with Crippen LogP contribution in [0.4, 0.5) is 0 Å². The number of carboxylic acids is 1. The summed E-state index contributed by atoms with van der Waals surface area (Å²) in [6, 6.07) is 5.79. The molecule has 2 aromatic heterocycles. The number of thiazole rings is 1. The molecule has 1 fully saturated rings. The molecule has 2 heterocycles. The maximum Gasteiger partial charge on any atom is 0.358 e. The van der Waals surface area contributed by atoms with Crippen molar-refractivity contribution in [3.63, 3.8) is 0 Å². The van der Waals surface area contributed by atoms with Gasteiger partial charge in [0.15, 0.2) is 5.69 Å². The number of hydrogen-bond donors (Lipinski definition) is 1. The average molecular weight is 286 g/mol. The summed E-state index contributed by atoms with van der Waals surface area (Å²) in [5, 5.41) is 17.1. The van der Waals surface area contributed by atoms with E-state index in [4.69, 9.17) is 0 Å². The molecule has 0 aliphatic heterocycles. The Kier molecular flexibility index (Phi) is 2.37. The molecule has 1 saturated carbocycles. The molecule has 1 N–H and O–H groups in total. The summed E-state index contributed by atoms with van der Waals surface area (Å²) in [6.07, 6.45) is 1.99. The molecule has 0 radical (unpaired) electrons. The predicted molar refractivity (Wildman–Crippen MR) is 73.5 cm³/mol. The third kappa shape index (κ3) is 1.70. The molecule has 0 bridgehead atoms. The highest BCUT2D eigenvalue weighted by Gasteiger charge is 2.34. The molecule has 0 amide bonds. The van der Waals surface area contributed by atoms with Crippen LogP contribution < -0.4 is 0 Å². The minimum absolute atomic E-state index is 0.0666. The number of rotatable bonds is 3. The summed E-state index contributed by atoms with van der Waals surface area (Å²) >= 11 is 1.55. The van der Waals surface area contributed by atoms with Crippen LogP contribution in [0.15, 0.2) is 23.7 Å². The third-order valence-electron chi connectivity index (χ3n) is 3.43. The molecule has 1 aliphatic carbocycles. The lowest BCUT2D eigenvalue weighted by Gasteiger charge is -2.05. The van der Waals surface area contributed by atoms with E-state index >= 15 is 0 Å². The molecule has 3 aromatic rings. The van der Waals surface area contributed by atoms with Gasteiger partial charge in [-0.25, -0.2) is 14.5 Å². The zero-order valence-electron chi connectivity index (χ0n) is 10.4. The minimum Gasteiger partial charge on any atom is -0.476 e. The number of fused-ring (bicyclic) bond motifs is 1. The second-order valence-corrected chi connectivity index (χ2v) is 5.71. The van der Waals surface area contributed by atoms with Crippen LogP contribution in [0.2, 0.25) is 0 Å². The Balaban J connectivity index is 1.90. The summed E-state index contributed by atoms with van der Waals surface area (Å²) in [5.74, 6) is -0.759. The fraction of sp³-hybridized carbons (Fsp3) is 0.231. The van der Waals surface area contributed by atoms with Crippen molar-refractivity contribution in [1.82, 2.24) is 20.0 Å². The van der Waals surface area contributed by atoms with Gasteiger partial charge in [-0.2, -0.15) is 0 Å². The fourth-order valence-corrected chi connectivity index (χ4v) is 3.04. The van der Waals surface area contributed by atoms with Crippen molar-refractivity contribution in [3.8, 4) is 5.69 Å². The van der Waals surface area contributed by atoms with E-state index in [0.29, 0.717) is 5.69 Å². The first-order valence-electron chi connectivity index (χ1n) is 6.26. The van der Waals surface area contributed by atoms with Crippen molar-refractivity contribution >= 4 is 27.5 Å². The van der Waals surface area contributed by atoms with E-state index in [9.17, 15) is 9.90 Å². The van der Waals surface area contributed by atoms with Crippen molar-refractivity contribution in [2.45, 2.75) is 18.8 Å². The van der Waals surface area contributed by atoms with Crippen LogP contribution in [0.1, 0.15) is 34.9 Å². The zero-order valence-corrected chi connectivity index (χ0v) is 11.2. The highest BCUT2D eigenvalue weighted by atomic mass is 32.1. The highest BCUT2D eigenvalue weighted by molar-refractivity contribution is 7.16. The van der Waals surface area contributed by atoms with E-state index in [0.717, 1.165) is 28.7 Å². The first kappa shape index (κ1) is 11.5. The normalized spacial score (nSPS) is 14.8. The minimum atomic E-state index is -1.02. The van der Waals surface area contributed by atoms with E-state index in [1.54, 1.807) is 21.5 Å². The number of aromatic nitrogens is 4. The molecule has 0 atom stereocenters. The van der Waals surface area contributed by atoms with Gasteiger partial charge in [0.25, 0.3) is 0 Å². The molecule has 4 rings (SSSR count). The van der Waals surface area contributed by atoms with Crippen LogP contribution in [-0.4, -0.2) is 31.1 Å². The topological polar surface area (TPSA) is 80.9 Å². The van der Waals surface area contributed by atoms with Crippen LogP contribution in [0.25, 0.3) is 15.9 Å². The van der Waals surface area contributed by atoms with Gasteiger partial charge in [0.1, 0.15) is 0 Å². The van der Waals surface area contributed by atoms with Crippen LogP contribution in [0.5, 0.6) is 0 Å². The number of hydrogen-bond acceptors (Lipinski definition) is 5. The Morgan fingerprint density at radius 1 is 1.40 bits per heavy atom. The van der Waals surface area contributed by atoms with E-state index < -0.39 is 5.97 Å². The van der Waals surface area contributed by atoms with E-state index in [2.05, 4.69) is 15.3 Å². The van der Waals surface area contributed by atoms with E-state index in [1.165, 1.54) is 0 Å². The van der Waals surface area contributed by atoms with Gasteiger partial charge in [0.05, 0.1) is 27.1 Å². The second kappa shape index (κ2) is 4.11. The number of carboxylic acid groups (broad SMARTS) is 1.